The first-order valence-electron chi connectivity index (χ1n) is 6.52. The second-order valence-electron chi connectivity index (χ2n) is 5.52. The monoisotopic (exact) mass is 234 g/mol. The first-order valence-corrected chi connectivity index (χ1v) is 6.96. The number of rotatable bonds is 0. The van der Waals surface area contributed by atoms with Crippen LogP contribution in [0.1, 0.15) is 53.8 Å². The van der Waals surface area contributed by atoms with Gasteiger partial charge in [-0.15, -0.1) is 11.6 Å². The third-order valence-electron chi connectivity index (χ3n) is 4.21. The van der Waals surface area contributed by atoms with E-state index in [-0.39, 0.29) is 5.38 Å². The van der Waals surface area contributed by atoms with Crippen LogP contribution in [0.5, 0.6) is 0 Å². The van der Waals surface area contributed by atoms with Gasteiger partial charge in [0.2, 0.25) is 0 Å². The SMILES string of the molecule is CC1CCc2cc3c(cc2C(Cl)C1)CCC3. The lowest BCUT2D eigenvalue weighted by Gasteiger charge is -2.14. The van der Waals surface area contributed by atoms with Crippen molar-refractivity contribution >= 4 is 11.6 Å². The summed E-state index contributed by atoms with van der Waals surface area (Å²) in [6, 6.07) is 4.86. The average Bonchev–Trinajstić information content (AvgIpc) is 2.66. The predicted octanol–water partition coefficient (Wildman–Crippen LogP) is 4.43. The minimum absolute atomic E-state index is 0.249. The molecule has 0 heterocycles. The minimum atomic E-state index is 0.249. The predicted molar refractivity (Wildman–Crippen MR) is 69.2 cm³/mol. The van der Waals surface area contributed by atoms with E-state index in [4.69, 9.17) is 11.6 Å². The first kappa shape index (κ1) is 10.7. The molecule has 0 N–H and O–H groups in total. The quantitative estimate of drug-likeness (QED) is 0.460. The van der Waals surface area contributed by atoms with Gasteiger partial charge >= 0.3 is 0 Å². The number of hydrogen-bond acceptors (Lipinski definition) is 0. The fourth-order valence-electron chi connectivity index (χ4n) is 3.20. The molecule has 1 heteroatoms. The molecule has 2 aliphatic carbocycles. The van der Waals surface area contributed by atoms with E-state index in [9.17, 15) is 0 Å². The van der Waals surface area contributed by atoms with Gasteiger partial charge in [0.1, 0.15) is 0 Å². The van der Waals surface area contributed by atoms with Crippen molar-refractivity contribution in [1.82, 2.24) is 0 Å². The molecule has 0 spiro atoms. The maximum absolute atomic E-state index is 6.55. The Morgan fingerprint density at radius 3 is 2.62 bits per heavy atom. The van der Waals surface area contributed by atoms with Crippen LogP contribution in [-0.4, -0.2) is 0 Å². The fourth-order valence-corrected chi connectivity index (χ4v) is 3.71. The summed E-state index contributed by atoms with van der Waals surface area (Å²) >= 11 is 6.55. The van der Waals surface area contributed by atoms with Gasteiger partial charge in [0.25, 0.3) is 0 Å². The second-order valence-corrected chi connectivity index (χ2v) is 6.05. The van der Waals surface area contributed by atoms with Crippen molar-refractivity contribution in [2.75, 3.05) is 0 Å². The number of alkyl halides is 1. The summed E-state index contributed by atoms with van der Waals surface area (Å²) in [6.45, 7) is 2.33. The highest BCUT2D eigenvalue weighted by molar-refractivity contribution is 6.21. The van der Waals surface area contributed by atoms with Gasteiger partial charge in [0.05, 0.1) is 5.38 Å². The highest BCUT2D eigenvalue weighted by Crippen LogP contribution is 2.38. The molecule has 0 fully saturated rings. The van der Waals surface area contributed by atoms with Gasteiger partial charge in [0, 0.05) is 0 Å². The number of aryl methyl sites for hydroxylation is 3. The molecule has 0 amide bonds. The molecule has 0 nitrogen and oxygen atoms in total. The minimum Gasteiger partial charge on any atom is -0.118 e. The molecular weight excluding hydrogens is 216 g/mol. The van der Waals surface area contributed by atoms with Crippen molar-refractivity contribution in [3.05, 3.63) is 34.4 Å². The van der Waals surface area contributed by atoms with E-state index in [2.05, 4.69) is 19.1 Å². The summed E-state index contributed by atoms with van der Waals surface area (Å²) in [7, 11) is 0. The molecule has 1 aromatic carbocycles. The Morgan fingerprint density at radius 1 is 1.06 bits per heavy atom. The third-order valence-corrected chi connectivity index (χ3v) is 4.62. The number of benzene rings is 1. The molecule has 0 saturated carbocycles. The van der Waals surface area contributed by atoms with Crippen molar-refractivity contribution < 1.29 is 0 Å². The molecule has 0 bridgehead atoms. The van der Waals surface area contributed by atoms with Crippen molar-refractivity contribution in [2.45, 2.75) is 50.8 Å². The first-order chi connectivity index (χ1) is 7.74. The van der Waals surface area contributed by atoms with Crippen LogP contribution in [-0.2, 0) is 19.3 Å². The van der Waals surface area contributed by atoms with E-state index in [0.717, 1.165) is 12.3 Å². The van der Waals surface area contributed by atoms with E-state index in [1.54, 1.807) is 11.1 Å². The number of fused-ring (bicyclic) bond motifs is 2. The molecule has 0 aliphatic heterocycles. The van der Waals surface area contributed by atoms with Gasteiger partial charge in [-0.1, -0.05) is 19.1 Å². The normalized spacial score (nSPS) is 28.4. The number of halogens is 1. The average molecular weight is 235 g/mol. The summed E-state index contributed by atoms with van der Waals surface area (Å²) in [5, 5.41) is 0.249. The highest BCUT2D eigenvalue weighted by atomic mass is 35.5. The second kappa shape index (κ2) is 4.07. The van der Waals surface area contributed by atoms with Crippen LogP contribution in [0.25, 0.3) is 0 Å². The van der Waals surface area contributed by atoms with Crippen molar-refractivity contribution in [2.24, 2.45) is 5.92 Å². The zero-order chi connectivity index (χ0) is 11.1. The van der Waals surface area contributed by atoms with Gasteiger partial charge in [-0.05, 0) is 66.7 Å². The van der Waals surface area contributed by atoms with E-state index in [1.165, 1.54) is 43.2 Å². The fraction of sp³-hybridized carbons (Fsp3) is 0.600. The zero-order valence-electron chi connectivity index (χ0n) is 9.93. The Balaban J connectivity index is 2.05. The van der Waals surface area contributed by atoms with Gasteiger partial charge < -0.3 is 0 Å². The lowest BCUT2D eigenvalue weighted by atomic mass is 9.97. The largest absolute Gasteiger partial charge is 0.118 e. The van der Waals surface area contributed by atoms with Gasteiger partial charge in [0.15, 0.2) is 0 Å². The molecule has 0 radical (unpaired) electrons. The lowest BCUT2D eigenvalue weighted by molar-refractivity contribution is 0.503. The molecule has 0 saturated heterocycles. The zero-order valence-corrected chi connectivity index (χ0v) is 10.7. The summed E-state index contributed by atoms with van der Waals surface area (Å²) < 4.78 is 0. The molecule has 2 aliphatic rings. The summed E-state index contributed by atoms with van der Waals surface area (Å²) in [4.78, 5) is 0. The molecule has 16 heavy (non-hydrogen) atoms. The molecule has 0 aromatic heterocycles. The Bertz CT molecular complexity index is 408. The van der Waals surface area contributed by atoms with Crippen molar-refractivity contribution in [1.29, 1.82) is 0 Å². The van der Waals surface area contributed by atoms with E-state index in [1.807, 2.05) is 0 Å². The Kier molecular flexibility index (Phi) is 2.71. The van der Waals surface area contributed by atoms with E-state index in [0.29, 0.717) is 0 Å². The summed E-state index contributed by atoms with van der Waals surface area (Å²) in [5.41, 5.74) is 6.13. The van der Waals surface area contributed by atoms with E-state index >= 15 is 0 Å². The van der Waals surface area contributed by atoms with Crippen LogP contribution >= 0.6 is 11.6 Å². The van der Waals surface area contributed by atoms with Crippen LogP contribution in [0.3, 0.4) is 0 Å². The van der Waals surface area contributed by atoms with Crippen LogP contribution in [0, 0.1) is 5.92 Å². The molecule has 86 valence electrons. The summed E-state index contributed by atoms with van der Waals surface area (Å²) in [6.07, 6.45) is 7.56. The van der Waals surface area contributed by atoms with Crippen LogP contribution < -0.4 is 0 Å². The number of hydrogen-bond donors (Lipinski definition) is 0. The van der Waals surface area contributed by atoms with Crippen LogP contribution in [0.15, 0.2) is 12.1 Å². The Morgan fingerprint density at radius 2 is 1.81 bits per heavy atom. The van der Waals surface area contributed by atoms with Crippen LogP contribution in [0.4, 0.5) is 0 Å². The Hall–Kier alpha value is -0.490. The molecule has 2 atom stereocenters. The molecule has 3 rings (SSSR count). The topological polar surface area (TPSA) is 0 Å². The standard InChI is InChI=1S/C15H19Cl/c1-10-5-6-13-8-11-3-2-4-12(11)9-14(13)15(16)7-10/h8-10,15H,2-7H2,1H3. The molecular formula is C15H19Cl. The van der Waals surface area contributed by atoms with Gasteiger partial charge in [-0.3, -0.25) is 0 Å². The van der Waals surface area contributed by atoms with Gasteiger partial charge in [-0.2, -0.15) is 0 Å². The third kappa shape index (κ3) is 1.78. The summed E-state index contributed by atoms with van der Waals surface area (Å²) in [5.74, 6) is 0.768. The van der Waals surface area contributed by atoms with Crippen LogP contribution in [0.2, 0.25) is 0 Å². The lowest BCUT2D eigenvalue weighted by Crippen LogP contribution is -1.98. The molecule has 1 aromatic rings. The maximum Gasteiger partial charge on any atom is 0.0590 e. The van der Waals surface area contributed by atoms with E-state index < -0.39 is 0 Å². The van der Waals surface area contributed by atoms with Crippen molar-refractivity contribution in [3.63, 3.8) is 0 Å². The maximum atomic E-state index is 6.55. The van der Waals surface area contributed by atoms with Crippen molar-refractivity contribution in [3.8, 4) is 0 Å². The molecule has 2 unspecified atom stereocenters. The van der Waals surface area contributed by atoms with Gasteiger partial charge in [-0.25, -0.2) is 0 Å². The Labute approximate surface area is 103 Å². The highest BCUT2D eigenvalue weighted by Gasteiger charge is 2.23. The smallest absolute Gasteiger partial charge is 0.0590 e.